The van der Waals surface area contributed by atoms with Gasteiger partial charge in [0.2, 0.25) is 0 Å². The predicted molar refractivity (Wildman–Crippen MR) is 108 cm³/mol. The molecule has 3 aromatic carbocycles. The molecule has 1 nitrogen and oxygen atoms in total. The Bertz CT molecular complexity index is 1120. The second-order valence-electron chi connectivity index (χ2n) is 6.99. The van der Waals surface area contributed by atoms with E-state index in [1.807, 2.05) is 0 Å². The third-order valence-electron chi connectivity index (χ3n) is 5.33. The molecular formula is C23H18BrN. The molecule has 122 valence electrons. The quantitative estimate of drug-likeness (QED) is 0.329. The van der Waals surface area contributed by atoms with Gasteiger partial charge in [0.05, 0.1) is 5.69 Å². The molecule has 0 radical (unpaired) electrons. The third-order valence-corrected chi connectivity index (χ3v) is 5.86. The molecule has 4 aromatic rings. The van der Waals surface area contributed by atoms with Crippen molar-refractivity contribution in [2.45, 2.75) is 19.8 Å². The van der Waals surface area contributed by atoms with Crippen LogP contribution in [0.4, 0.5) is 0 Å². The molecule has 0 bridgehead atoms. The van der Waals surface area contributed by atoms with Crippen LogP contribution in [0.5, 0.6) is 0 Å². The number of aryl methyl sites for hydroxylation is 2. The molecular weight excluding hydrogens is 370 g/mol. The van der Waals surface area contributed by atoms with Gasteiger partial charge in [0.15, 0.2) is 0 Å². The van der Waals surface area contributed by atoms with Crippen molar-refractivity contribution < 1.29 is 0 Å². The second kappa shape index (κ2) is 5.34. The van der Waals surface area contributed by atoms with Gasteiger partial charge in [0.1, 0.15) is 0 Å². The fourth-order valence-electron chi connectivity index (χ4n) is 4.38. The van der Waals surface area contributed by atoms with E-state index in [-0.39, 0.29) is 5.92 Å². The van der Waals surface area contributed by atoms with Crippen molar-refractivity contribution in [3.05, 3.63) is 93.0 Å². The van der Waals surface area contributed by atoms with Crippen LogP contribution in [0.2, 0.25) is 0 Å². The van der Waals surface area contributed by atoms with Crippen molar-refractivity contribution in [3.63, 3.8) is 0 Å². The van der Waals surface area contributed by atoms with Crippen molar-refractivity contribution in [2.24, 2.45) is 0 Å². The van der Waals surface area contributed by atoms with Crippen LogP contribution in [0, 0.1) is 13.8 Å². The van der Waals surface area contributed by atoms with Crippen molar-refractivity contribution >= 4 is 26.8 Å². The molecule has 0 aliphatic heterocycles. The number of hydrogen-bond acceptors (Lipinski definition) is 0. The summed E-state index contributed by atoms with van der Waals surface area (Å²) in [5.74, 6) is 0.287. The van der Waals surface area contributed by atoms with E-state index in [9.17, 15) is 0 Å². The van der Waals surface area contributed by atoms with Crippen LogP contribution in [0.3, 0.4) is 0 Å². The number of aromatic nitrogens is 1. The molecule has 1 unspecified atom stereocenters. The topological polar surface area (TPSA) is 15.8 Å². The van der Waals surface area contributed by atoms with Crippen LogP contribution in [-0.4, -0.2) is 4.98 Å². The number of halogens is 1. The maximum atomic E-state index is 3.69. The van der Waals surface area contributed by atoms with Crippen molar-refractivity contribution in [1.82, 2.24) is 4.98 Å². The van der Waals surface area contributed by atoms with Gasteiger partial charge in [-0.05, 0) is 60.4 Å². The highest BCUT2D eigenvalue weighted by atomic mass is 79.9. The highest BCUT2D eigenvalue weighted by Gasteiger charge is 2.34. The number of H-pyrrole nitrogens is 1. The number of fused-ring (bicyclic) bond motifs is 5. The highest BCUT2D eigenvalue weighted by Crippen LogP contribution is 2.52. The Hall–Kier alpha value is -2.32. The summed E-state index contributed by atoms with van der Waals surface area (Å²) >= 11 is 3.57. The summed E-state index contributed by atoms with van der Waals surface area (Å²) in [6, 6.07) is 22.1. The Morgan fingerprint density at radius 1 is 0.880 bits per heavy atom. The normalized spacial score (nSPS) is 15.4. The third kappa shape index (κ3) is 2.14. The maximum Gasteiger partial charge on any atom is 0.0510 e. The SMILES string of the molecule is Cc1cc(C)c2c(c1)-c1[nH]c3ccccc3c1C2c1ccc(Br)cc1. The van der Waals surface area contributed by atoms with Gasteiger partial charge in [-0.2, -0.15) is 0 Å². The molecule has 0 saturated carbocycles. The Morgan fingerprint density at radius 2 is 1.64 bits per heavy atom. The Labute approximate surface area is 155 Å². The lowest BCUT2D eigenvalue weighted by atomic mass is 9.86. The van der Waals surface area contributed by atoms with Gasteiger partial charge in [-0.15, -0.1) is 0 Å². The fraction of sp³-hybridized carbons (Fsp3) is 0.130. The van der Waals surface area contributed by atoms with Gasteiger partial charge in [-0.1, -0.05) is 57.9 Å². The summed E-state index contributed by atoms with van der Waals surface area (Å²) in [6.07, 6.45) is 0. The van der Waals surface area contributed by atoms with Crippen LogP contribution in [-0.2, 0) is 0 Å². The first-order chi connectivity index (χ1) is 12.1. The van der Waals surface area contributed by atoms with Gasteiger partial charge in [0, 0.05) is 26.9 Å². The molecule has 1 atom stereocenters. The Balaban J connectivity index is 1.89. The molecule has 0 spiro atoms. The standard InChI is InChI=1S/C23H18BrN/c1-13-11-14(2)20-18(12-13)23-22(17-5-3-4-6-19(17)25-23)21(20)15-7-9-16(24)10-8-15/h3-12,21,25H,1-2H3. The van der Waals surface area contributed by atoms with Gasteiger partial charge in [-0.3, -0.25) is 0 Å². The Morgan fingerprint density at radius 3 is 2.44 bits per heavy atom. The van der Waals surface area contributed by atoms with Crippen LogP contribution in [0.25, 0.3) is 22.2 Å². The van der Waals surface area contributed by atoms with Crippen molar-refractivity contribution in [2.75, 3.05) is 0 Å². The summed E-state index contributed by atoms with van der Waals surface area (Å²) in [5, 5.41) is 1.33. The zero-order chi connectivity index (χ0) is 17.1. The van der Waals surface area contributed by atoms with E-state index in [4.69, 9.17) is 0 Å². The molecule has 0 saturated heterocycles. The summed E-state index contributed by atoms with van der Waals surface area (Å²) in [7, 11) is 0. The van der Waals surface area contributed by atoms with Crippen LogP contribution < -0.4 is 0 Å². The molecule has 5 rings (SSSR count). The van der Waals surface area contributed by atoms with E-state index >= 15 is 0 Å². The second-order valence-corrected chi connectivity index (χ2v) is 7.90. The van der Waals surface area contributed by atoms with Gasteiger partial charge < -0.3 is 4.98 Å². The largest absolute Gasteiger partial charge is 0.354 e. The zero-order valence-corrected chi connectivity index (χ0v) is 15.8. The molecule has 2 heteroatoms. The number of para-hydroxylation sites is 1. The number of rotatable bonds is 1. The van der Waals surface area contributed by atoms with Crippen LogP contribution >= 0.6 is 15.9 Å². The van der Waals surface area contributed by atoms with Crippen LogP contribution in [0.1, 0.15) is 33.7 Å². The summed E-state index contributed by atoms with van der Waals surface area (Å²) in [6.45, 7) is 4.42. The Kier molecular flexibility index (Phi) is 3.20. The lowest BCUT2D eigenvalue weighted by Gasteiger charge is -2.17. The first kappa shape index (κ1) is 15.0. The smallest absolute Gasteiger partial charge is 0.0510 e. The van der Waals surface area contributed by atoms with Crippen molar-refractivity contribution in [1.29, 1.82) is 0 Å². The van der Waals surface area contributed by atoms with E-state index in [0.29, 0.717) is 0 Å². The summed E-state index contributed by atoms with van der Waals surface area (Å²) in [5.41, 5.74) is 10.8. The molecule has 1 aromatic heterocycles. The average Bonchev–Trinajstić information content (AvgIpc) is 3.11. The molecule has 1 aliphatic rings. The number of hydrogen-bond donors (Lipinski definition) is 1. The molecule has 0 amide bonds. The van der Waals surface area contributed by atoms with E-state index in [1.165, 1.54) is 50.0 Å². The van der Waals surface area contributed by atoms with E-state index in [1.54, 1.807) is 0 Å². The molecule has 1 N–H and O–H groups in total. The fourth-order valence-corrected chi connectivity index (χ4v) is 4.64. The number of benzene rings is 3. The number of aromatic amines is 1. The molecule has 1 aliphatic carbocycles. The van der Waals surface area contributed by atoms with E-state index < -0.39 is 0 Å². The van der Waals surface area contributed by atoms with Gasteiger partial charge in [-0.25, -0.2) is 0 Å². The number of nitrogens with one attached hydrogen (secondary N) is 1. The molecule has 25 heavy (non-hydrogen) atoms. The summed E-state index contributed by atoms with van der Waals surface area (Å²) < 4.78 is 1.12. The lowest BCUT2D eigenvalue weighted by molar-refractivity contribution is 1.01. The van der Waals surface area contributed by atoms with Gasteiger partial charge >= 0.3 is 0 Å². The first-order valence-electron chi connectivity index (χ1n) is 8.61. The monoisotopic (exact) mass is 387 g/mol. The lowest BCUT2D eigenvalue weighted by Crippen LogP contribution is -2.01. The van der Waals surface area contributed by atoms with Gasteiger partial charge in [0.25, 0.3) is 0 Å². The minimum absolute atomic E-state index is 0.287. The zero-order valence-electron chi connectivity index (χ0n) is 14.2. The minimum Gasteiger partial charge on any atom is -0.354 e. The molecule has 1 heterocycles. The predicted octanol–water partition coefficient (Wildman–Crippen LogP) is 6.71. The summed E-state index contributed by atoms with van der Waals surface area (Å²) in [4.78, 5) is 3.69. The van der Waals surface area contributed by atoms with Crippen molar-refractivity contribution in [3.8, 4) is 11.3 Å². The highest BCUT2D eigenvalue weighted by molar-refractivity contribution is 9.10. The van der Waals surface area contributed by atoms with Crippen LogP contribution in [0.15, 0.2) is 65.1 Å². The maximum absolute atomic E-state index is 3.69. The minimum atomic E-state index is 0.287. The van der Waals surface area contributed by atoms with E-state index in [0.717, 1.165) is 4.47 Å². The molecule has 0 fully saturated rings. The first-order valence-corrected chi connectivity index (χ1v) is 9.40. The van der Waals surface area contributed by atoms with E-state index in [2.05, 4.69) is 95.4 Å². The average molecular weight is 388 g/mol.